The zero-order valence-electron chi connectivity index (χ0n) is 6.67. The standard InChI is InChI=1S/C7H16OS2/c1-7(6-9)5-8-3-4-10-2/h7,9H,3-6H2,1-2H3. The van der Waals surface area contributed by atoms with E-state index < -0.39 is 0 Å². The quantitative estimate of drug-likeness (QED) is 0.494. The van der Waals surface area contributed by atoms with Crippen molar-refractivity contribution in [1.29, 1.82) is 0 Å². The lowest BCUT2D eigenvalue weighted by Gasteiger charge is -2.07. The molecule has 0 aliphatic carbocycles. The van der Waals surface area contributed by atoms with Crippen LogP contribution in [0.4, 0.5) is 0 Å². The maximum atomic E-state index is 5.36. The molecule has 0 saturated heterocycles. The first-order valence-electron chi connectivity index (χ1n) is 3.48. The van der Waals surface area contributed by atoms with Gasteiger partial charge in [0.25, 0.3) is 0 Å². The second-order valence-electron chi connectivity index (χ2n) is 2.36. The molecule has 0 amide bonds. The van der Waals surface area contributed by atoms with E-state index >= 15 is 0 Å². The van der Waals surface area contributed by atoms with Gasteiger partial charge in [0, 0.05) is 12.4 Å². The van der Waals surface area contributed by atoms with Crippen molar-refractivity contribution in [1.82, 2.24) is 0 Å². The molecule has 0 aromatic carbocycles. The Labute approximate surface area is 73.3 Å². The number of rotatable bonds is 6. The number of hydrogen-bond acceptors (Lipinski definition) is 3. The van der Waals surface area contributed by atoms with Gasteiger partial charge in [0.1, 0.15) is 0 Å². The summed E-state index contributed by atoms with van der Waals surface area (Å²) in [7, 11) is 0. The molecule has 0 aliphatic heterocycles. The molecule has 1 atom stereocenters. The molecule has 0 bridgehead atoms. The van der Waals surface area contributed by atoms with E-state index in [2.05, 4.69) is 25.8 Å². The molecule has 0 radical (unpaired) electrons. The smallest absolute Gasteiger partial charge is 0.0556 e. The van der Waals surface area contributed by atoms with Gasteiger partial charge in [-0.3, -0.25) is 0 Å². The van der Waals surface area contributed by atoms with Gasteiger partial charge in [-0.15, -0.1) is 0 Å². The van der Waals surface area contributed by atoms with Crippen LogP contribution in [0, 0.1) is 5.92 Å². The van der Waals surface area contributed by atoms with Crippen LogP contribution in [0.5, 0.6) is 0 Å². The van der Waals surface area contributed by atoms with Crippen molar-refractivity contribution in [3.8, 4) is 0 Å². The van der Waals surface area contributed by atoms with Crippen LogP contribution in [0.2, 0.25) is 0 Å². The molecule has 0 aliphatic rings. The summed E-state index contributed by atoms with van der Waals surface area (Å²) in [6.45, 7) is 3.87. The van der Waals surface area contributed by atoms with Gasteiger partial charge in [0.2, 0.25) is 0 Å². The van der Waals surface area contributed by atoms with E-state index in [0.717, 1.165) is 24.7 Å². The maximum Gasteiger partial charge on any atom is 0.0556 e. The second kappa shape index (κ2) is 7.76. The molecule has 0 N–H and O–H groups in total. The summed E-state index contributed by atoms with van der Waals surface area (Å²) in [4.78, 5) is 0. The SMILES string of the molecule is CSCCOCC(C)CS. The fourth-order valence-corrected chi connectivity index (χ4v) is 0.869. The van der Waals surface area contributed by atoms with Crippen molar-refractivity contribution in [2.45, 2.75) is 6.92 Å². The van der Waals surface area contributed by atoms with Gasteiger partial charge in [-0.25, -0.2) is 0 Å². The van der Waals surface area contributed by atoms with E-state index in [0.29, 0.717) is 5.92 Å². The molecule has 10 heavy (non-hydrogen) atoms. The van der Waals surface area contributed by atoms with Crippen LogP contribution in [-0.4, -0.2) is 31.0 Å². The summed E-state index contributed by atoms with van der Waals surface area (Å²) in [5.41, 5.74) is 0. The molecule has 1 nitrogen and oxygen atoms in total. The number of ether oxygens (including phenoxy) is 1. The molecule has 0 aromatic rings. The van der Waals surface area contributed by atoms with Crippen LogP contribution in [0.15, 0.2) is 0 Å². The molecule has 0 fully saturated rings. The van der Waals surface area contributed by atoms with Crippen LogP contribution >= 0.6 is 24.4 Å². The lowest BCUT2D eigenvalue weighted by molar-refractivity contribution is 0.125. The molecular formula is C7H16OS2. The van der Waals surface area contributed by atoms with Crippen LogP contribution < -0.4 is 0 Å². The van der Waals surface area contributed by atoms with Gasteiger partial charge in [0.05, 0.1) is 6.61 Å². The summed E-state index contributed by atoms with van der Waals surface area (Å²) in [5.74, 6) is 2.60. The van der Waals surface area contributed by atoms with Gasteiger partial charge in [-0.2, -0.15) is 24.4 Å². The Morgan fingerprint density at radius 3 is 2.80 bits per heavy atom. The van der Waals surface area contributed by atoms with Crippen LogP contribution in [-0.2, 0) is 4.74 Å². The topological polar surface area (TPSA) is 9.23 Å². The van der Waals surface area contributed by atoms with E-state index in [1.54, 1.807) is 0 Å². The maximum absolute atomic E-state index is 5.36. The third-order valence-corrected chi connectivity index (χ3v) is 2.34. The van der Waals surface area contributed by atoms with Gasteiger partial charge in [0.15, 0.2) is 0 Å². The molecule has 0 aromatic heterocycles. The second-order valence-corrected chi connectivity index (χ2v) is 3.71. The van der Waals surface area contributed by atoms with Crippen molar-refractivity contribution in [3.63, 3.8) is 0 Å². The molecule has 0 rings (SSSR count). The van der Waals surface area contributed by atoms with Crippen molar-refractivity contribution >= 4 is 24.4 Å². The van der Waals surface area contributed by atoms with E-state index in [1.807, 2.05) is 11.8 Å². The highest BCUT2D eigenvalue weighted by Gasteiger charge is 1.97. The first-order valence-corrected chi connectivity index (χ1v) is 5.51. The normalized spacial score (nSPS) is 13.5. The zero-order valence-corrected chi connectivity index (χ0v) is 8.38. The predicted octanol–water partition coefficient (Wildman–Crippen LogP) is 1.93. The van der Waals surface area contributed by atoms with Crippen molar-refractivity contribution in [2.24, 2.45) is 5.92 Å². The minimum Gasteiger partial charge on any atom is -0.380 e. The monoisotopic (exact) mass is 180 g/mol. The minimum absolute atomic E-state index is 0.588. The highest BCUT2D eigenvalue weighted by Crippen LogP contribution is 1.98. The first-order chi connectivity index (χ1) is 4.81. The van der Waals surface area contributed by atoms with E-state index in [9.17, 15) is 0 Å². The van der Waals surface area contributed by atoms with E-state index in [-0.39, 0.29) is 0 Å². The molecule has 0 heterocycles. The fraction of sp³-hybridized carbons (Fsp3) is 1.00. The molecular weight excluding hydrogens is 164 g/mol. The minimum atomic E-state index is 0.588. The average molecular weight is 180 g/mol. The van der Waals surface area contributed by atoms with Crippen molar-refractivity contribution in [2.75, 3.05) is 31.0 Å². The number of thiol groups is 1. The fourth-order valence-electron chi connectivity index (χ4n) is 0.479. The molecule has 62 valence electrons. The average Bonchev–Trinajstić information content (AvgIpc) is 1.98. The highest BCUT2D eigenvalue weighted by atomic mass is 32.2. The Morgan fingerprint density at radius 2 is 2.30 bits per heavy atom. The van der Waals surface area contributed by atoms with Gasteiger partial charge in [-0.1, -0.05) is 6.92 Å². The molecule has 1 unspecified atom stereocenters. The Bertz CT molecular complexity index is 68.6. The Morgan fingerprint density at radius 1 is 1.60 bits per heavy atom. The number of thioether (sulfide) groups is 1. The van der Waals surface area contributed by atoms with Gasteiger partial charge >= 0.3 is 0 Å². The van der Waals surface area contributed by atoms with Gasteiger partial charge < -0.3 is 4.74 Å². The number of hydrogen-bond donors (Lipinski definition) is 1. The Balaban J connectivity index is 2.89. The molecule has 0 spiro atoms. The van der Waals surface area contributed by atoms with Crippen molar-refractivity contribution in [3.05, 3.63) is 0 Å². The molecule has 3 heteroatoms. The third-order valence-electron chi connectivity index (χ3n) is 1.15. The van der Waals surface area contributed by atoms with E-state index in [4.69, 9.17) is 4.74 Å². The van der Waals surface area contributed by atoms with Crippen molar-refractivity contribution < 1.29 is 4.74 Å². The molecule has 0 saturated carbocycles. The summed E-state index contributed by atoms with van der Waals surface area (Å²) < 4.78 is 5.36. The summed E-state index contributed by atoms with van der Waals surface area (Å²) in [6, 6.07) is 0. The Hall–Kier alpha value is 0.660. The van der Waals surface area contributed by atoms with E-state index in [1.165, 1.54) is 0 Å². The lowest BCUT2D eigenvalue weighted by atomic mass is 10.2. The van der Waals surface area contributed by atoms with Crippen LogP contribution in [0.1, 0.15) is 6.92 Å². The van der Waals surface area contributed by atoms with Crippen LogP contribution in [0.25, 0.3) is 0 Å². The summed E-state index contributed by atoms with van der Waals surface area (Å²) in [5, 5.41) is 0. The third kappa shape index (κ3) is 6.78. The lowest BCUT2D eigenvalue weighted by Crippen LogP contribution is -2.08. The zero-order chi connectivity index (χ0) is 7.82. The van der Waals surface area contributed by atoms with Gasteiger partial charge in [-0.05, 0) is 17.9 Å². The Kier molecular flexibility index (Phi) is 8.28. The highest BCUT2D eigenvalue weighted by molar-refractivity contribution is 7.98. The largest absolute Gasteiger partial charge is 0.380 e. The summed E-state index contributed by atoms with van der Waals surface area (Å²) >= 11 is 5.97. The first kappa shape index (κ1) is 10.7. The predicted molar refractivity (Wildman–Crippen MR) is 52.2 cm³/mol. The van der Waals surface area contributed by atoms with Crippen LogP contribution in [0.3, 0.4) is 0 Å². The summed E-state index contributed by atoms with van der Waals surface area (Å²) in [6.07, 6.45) is 2.09.